The second kappa shape index (κ2) is 5.18. The molecule has 0 aliphatic heterocycles. The number of rotatable bonds is 2. The Balaban J connectivity index is 0. The van der Waals surface area contributed by atoms with Crippen molar-refractivity contribution in [3.8, 4) is 0 Å². The van der Waals surface area contributed by atoms with E-state index >= 15 is 0 Å². The molecule has 0 saturated heterocycles. The molecule has 0 saturated carbocycles. The van der Waals surface area contributed by atoms with Crippen LogP contribution < -0.4 is 0 Å². The van der Waals surface area contributed by atoms with Gasteiger partial charge in [-0.1, -0.05) is 0 Å². The molecule has 48 valence electrons. The summed E-state index contributed by atoms with van der Waals surface area (Å²) in [6.07, 6.45) is 0. The summed E-state index contributed by atoms with van der Waals surface area (Å²) < 4.78 is 18.0. The van der Waals surface area contributed by atoms with Crippen molar-refractivity contribution >= 4 is 45.6 Å². The summed E-state index contributed by atoms with van der Waals surface area (Å²) in [6, 6.07) is 0. The number of hydrogen-bond donors (Lipinski definition) is 1. The molecule has 0 aromatic carbocycles. The Morgan fingerprint density at radius 2 is 1.62 bits per heavy atom. The molecule has 6 heteroatoms. The van der Waals surface area contributed by atoms with Crippen molar-refractivity contribution in [1.29, 1.82) is 0 Å². The Morgan fingerprint density at radius 1 is 1.38 bits per heavy atom. The van der Waals surface area contributed by atoms with Crippen molar-refractivity contribution in [3.63, 3.8) is 0 Å². The summed E-state index contributed by atoms with van der Waals surface area (Å²) in [6.45, 7) is 0. The first-order valence-corrected chi connectivity index (χ1v) is 3.06. The van der Waals surface area contributed by atoms with Crippen LogP contribution in [0.5, 0.6) is 0 Å². The van der Waals surface area contributed by atoms with E-state index in [1.165, 1.54) is 0 Å². The molecule has 0 heterocycles. The fourth-order valence-corrected chi connectivity index (χ4v) is 0.224. The molecule has 0 unspecified atom stereocenters. The van der Waals surface area contributed by atoms with Crippen molar-refractivity contribution in [1.82, 2.24) is 0 Å². The summed E-state index contributed by atoms with van der Waals surface area (Å²) >= 11 is 0. The summed E-state index contributed by atoms with van der Waals surface area (Å²) in [5.74, 6) is 0. The molecule has 0 fully saturated rings. The van der Waals surface area contributed by atoms with Crippen molar-refractivity contribution in [2.24, 2.45) is 0 Å². The molecule has 0 aromatic heterocycles. The van der Waals surface area contributed by atoms with E-state index in [1.807, 2.05) is 0 Å². The van der Waals surface area contributed by atoms with Gasteiger partial charge in [-0.2, -0.15) is 0 Å². The van der Waals surface area contributed by atoms with Crippen LogP contribution in [-0.4, -0.2) is 56.9 Å². The number of hydrogen-bond acceptors (Lipinski definition) is 3. The molecule has 4 nitrogen and oxygen atoms in total. The second-order valence-electron chi connectivity index (χ2n) is 0.834. The first kappa shape index (κ1) is 12.1. The average molecular weight is 168 g/mol. The van der Waals surface area contributed by atoms with E-state index < -0.39 is 7.82 Å². The van der Waals surface area contributed by atoms with Crippen LogP contribution in [0.15, 0.2) is 0 Å². The second-order valence-corrected chi connectivity index (χ2v) is 2.50. The Labute approximate surface area is 77.8 Å². The van der Waals surface area contributed by atoms with Gasteiger partial charge in [0.25, 0.3) is 0 Å². The van der Waals surface area contributed by atoms with Gasteiger partial charge in [0.05, 0.1) is 0 Å². The maximum absolute atomic E-state index is 10.1. The van der Waals surface area contributed by atoms with Crippen LogP contribution in [0.3, 0.4) is 0 Å². The van der Waals surface area contributed by atoms with Gasteiger partial charge >= 0.3 is 45.6 Å². The molecular formula is C2H9CaO4P. The predicted molar refractivity (Wildman–Crippen MR) is 32.4 cm³/mol. The third kappa shape index (κ3) is 5.51. The van der Waals surface area contributed by atoms with Gasteiger partial charge in [-0.25, -0.2) is 4.57 Å². The molecule has 0 aliphatic rings. The number of phosphoric ester groups is 1. The molecule has 0 amide bonds. The van der Waals surface area contributed by atoms with E-state index in [1.54, 1.807) is 0 Å². The van der Waals surface area contributed by atoms with Crippen LogP contribution in [0.2, 0.25) is 0 Å². The van der Waals surface area contributed by atoms with E-state index in [0.29, 0.717) is 0 Å². The topological polar surface area (TPSA) is 55.8 Å². The molecule has 0 atom stereocenters. The van der Waals surface area contributed by atoms with E-state index in [0.717, 1.165) is 14.2 Å². The normalized spacial score (nSPS) is 10.4. The summed E-state index contributed by atoms with van der Waals surface area (Å²) in [4.78, 5) is 8.24. The standard InChI is InChI=1S/C2H7O4P.Ca.2H/c1-5-7(3,4)6-2;;;/h1-2H3,(H,3,4);;;. The van der Waals surface area contributed by atoms with Crippen molar-refractivity contribution in [2.75, 3.05) is 14.2 Å². The fourth-order valence-electron chi connectivity index (χ4n) is 0.0745. The van der Waals surface area contributed by atoms with Gasteiger partial charge in [0.2, 0.25) is 0 Å². The first-order chi connectivity index (χ1) is 3.12. The molecule has 1 N–H and O–H groups in total. The van der Waals surface area contributed by atoms with Gasteiger partial charge in [-0.15, -0.1) is 0 Å². The summed E-state index contributed by atoms with van der Waals surface area (Å²) in [5.41, 5.74) is 0. The molecule has 0 rings (SSSR count). The van der Waals surface area contributed by atoms with Crippen LogP contribution in [0.1, 0.15) is 0 Å². The fraction of sp³-hybridized carbons (Fsp3) is 1.00. The predicted octanol–water partition coefficient (Wildman–Crippen LogP) is -0.537. The third-order valence-electron chi connectivity index (χ3n) is 0.461. The van der Waals surface area contributed by atoms with E-state index in [9.17, 15) is 4.57 Å². The van der Waals surface area contributed by atoms with Crippen molar-refractivity contribution < 1.29 is 18.5 Å². The van der Waals surface area contributed by atoms with Crippen LogP contribution in [0.25, 0.3) is 0 Å². The van der Waals surface area contributed by atoms with Gasteiger partial charge in [0, 0.05) is 14.2 Å². The Hall–Kier alpha value is 1.37. The monoisotopic (exact) mass is 168 g/mol. The summed E-state index contributed by atoms with van der Waals surface area (Å²) in [7, 11) is -1.45. The minimum absolute atomic E-state index is 0. The van der Waals surface area contributed by atoms with E-state index in [2.05, 4.69) is 9.05 Å². The van der Waals surface area contributed by atoms with Crippen LogP contribution in [-0.2, 0) is 13.6 Å². The summed E-state index contributed by atoms with van der Waals surface area (Å²) in [5, 5.41) is 0. The molecule has 0 aliphatic carbocycles. The Kier molecular flexibility index (Phi) is 7.82. The van der Waals surface area contributed by atoms with Gasteiger partial charge in [0.15, 0.2) is 0 Å². The van der Waals surface area contributed by atoms with Gasteiger partial charge in [-0.05, 0) is 0 Å². The van der Waals surface area contributed by atoms with E-state index in [-0.39, 0.29) is 37.7 Å². The van der Waals surface area contributed by atoms with Crippen molar-refractivity contribution in [2.45, 2.75) is 0 Å². The zero-order valence-corrected chi connectivity index (χ0v) is 5.01. The maximum atomic E-state index is 10.1. The van der Waals surface area contributed by atoms with Crippen LogP contribution in [0, 0.1) is 0 Å². The van der Waals surface area contributed by atoms with Gasteiger partial charge in [-0.3, -0.25) is 9.05 Å². The first-order valence-electron chi connectivity index (χ1n) is 1.56. The van der Waals surface area contributed by atoms with Crippen LogP contribution in [0.4, 0.5) is 0 Å². The molecule has 8 heavy (non-hydrogen) atoms. The molecule has 0 radical (unpaired) electrons. The van der Waals surface area contributed by atoms with Gasteiger partial charge < -0.3 is 4.89 Å². The van der Waals surface area contributed by atoms with E-state index in [4.69, 9.17) is 4.89 Å². The van der Waals surface area contributed by atoms with Crippen molar-refractivity contribution in [3.05, 3.63) is 0 Å². The molecule has 0 aromatic rings. The Bertz CT molecular complexity index is 86.0. The van der Waals surface area contributed by atoms with Crippen LogP contribution >= 0.6 is 7.82 Å². The minimum atomic E-state index is -3.65. The quantitative estimate of drug-likeness (QED) is 0.444. The zero-order valence-electron chi connectivity index (χ0n) is 4.12. The molecule has 0 bridgehead atoms. The molecular weight excluding hydrogens is 159 g/mol. The number of phosphoric acid groups is 1. The Morgan fingerprint density at radius 3 is 1.62 bits per heavy atom. The average Bonchev–Trinajstić information content (AvgIpc) is 1.68. The SMILES string of the molecule is COP(=O)(O)OC.[CaH2]. The van der Waals surface area contributed by atoms with Gasteiger partial charge in [0.1, 0.15) is 0 Å². The third-order valence-corrected chi connectivity index (χ3v) is 1.38. The zero-order chi connectivity index (χ0) is 5.91. The molecule has 0 spiro atoms.